The van der Waals surface area contributed by atoms with Gasteiger partial charge in [-0.25, -0.2) is 4.79 Å². The van der Waals surface area contributed by atoms with E-state index in [9.17, 15) is 35.1 Å². The van der Waals surface area contributed by atoms with Crippen LogP contribution in [0.2, 0.25) is 0 Å². The van der Waals surface area contributed by atoms with Gasteiger partial charge < -0.3 is 35.6 Å². The third kappa shape index (κ3) is 44.6. The molecule has 0 saturated heterocycles. The van der Waals surface area contributed by atoms with Crippen LogP contribution in [0.5, 0.6) is 5.75 Å². The summed E-state index contributed by atoms with van der Waals surface area (Å²) in [5.74, 6) is -0.564. The van der Waals surface area contributed by atoms with Crippen molar-refractivity contribution in [3.05, 3.63) is 29.8 Å². The Kier molecular flexibility index (Phi) is 49.2. The van der Waals surface area contributed by atoms with Gasteiger partial charge >= 0.3 is 5.97 Å². The first kappa shape index (κ1) is 71.7. The zero-order valence-electron chi connectivity index (χ0n) is 50.0. The lowest BCUT2D eigenvalue weighted by Crippen LogP contribution is -2.43. The van der Waals surface area contributed by atoms with Crippen molar-refractivity contribution >= 4 is 11.9 Å². The SMILES string of the molecule is CCCCCCCCCCC(O)CN(CCCOC(=O)[C@H](CCc1ccc(O)cc1)NC(=O)CCCN(CC(O)CCCCCCCCCC)CC(O)CCCCCCCCCC)CC(O)CCCCCCCCCC. The number of phenols is 1. The van der Waals surface area contributed by atoms with Crippen molar-refractivity contribution in [3.8, 4) is 5.75 Å². The predicted octanol–water partition coefficient (Wildman–Crippen LogP) is 14.7. The minimum Gasteiger partial charge on any atom is -0.508 e. The highest BCUT2D eigenvalue weighted by Gasteiger charge is 2.24. The molecule has 0 aliphatic carbocycles. The van der Waals surface area contributed by atoms with Crippen LogP contribution in [0.15, 0.2) is 24.3 Å². The first-order valence-electron chi connectivity index (χ1n) is 32.4. The zero-order chi connectivity index (χ0) is 55.5. The Bertz CT molecular complexity index is 1360. The number of benzene rings is 1. The number of unbranched alkanes of at least 4 members (excludes halogenated alkanes) is 28. The lowest BCUT2D eigenvalue weighted by atomic mass is 10.0. The van der Waals surface area contributed by atoms with E-state index in [1.807, 2.05) is 12.1 Å². The van der Waals surface area contributed by atoms with Gasteiger partial charge in [-0.2, -0.15) is 0 Å². The van der Waals surface area contributed by atoms with E-state index in [2.05, 4.69) is 42.8 Å². The average Bonchev–Trinajstić information content (AvgIpc) is 3.39. The molecular formula is C65H123N3O8. The minimum atomic E-state index is -0.864. The summed E-state index contributed by atoms with van der Waals surface area (Å²) in [6.45, 7) is 12.1. The molecule has 0 saturated carbocycles. The number of hydrogen-bond acceptors (Lipinski definition) is 10. The highest BCUT2D eigenvalue weighted by molar-refractivity contribution is 5.84. The number of aryl methyl sites for hydroxylation is 1. The second-order valence-corrected chi connectivity index (χ2v) is 23.1. The van der Waals surface area contributed by atoms with Crippen LogP contribution in [0.3, 0.4) is 0 Å². The van der Waals surface area contributed by atoms with E-state index in [-0.39, 0.29) is 24.7 Å². The van der Waals surface area contributed by atoms with E-state index in [1.165, 1.54) is 154 Å². The summed E-state index contributed by atoms with van der Waals surface area (Å²) in [5.41, 5.74) is 0.934. The Morgan fingerprint density at radius 2 is 0.750 bits per heavy atom. The van der Waals surface area contributed by atoms with Crippen LogP contribution in [0.1, 0.15) is 290 Å². The fourth-order valence-electron chi connectivity index (χ4n) is 10.6. The molecule has 0 bridgehead atoms. The third-order valence-electron chi connectivity index (χ3n) is 15.5. The summed E-state index contributed by atoms with van der Waals surface area (Å²) >= 11 is 0. The molecule has 76 heavy (non-hydrogen) atoms. The first-order chi connectivity index (χ1) is 37.0. The maximum atomic E-state index is 13.8. The Morgan fingerprint density at radius 1 is 0.434 bits per heavy atom. The molecule has 1 rings (SSSR count). The van der Waals surface area contributed by atoms with Gasteiger partial charge in [0.25, 0.3) is 0 Å². The second-order valence-electron chi connectivity index (χ2n) is 23.1. The van der Waals surface area contributed by atoms with Crippen molar-refractivity contribution in [1.29, 1.82) is 0 Å². The Hall–Kier alpha value is -2.28. The summed E-state index contributed by atoms with van der Waals surface area (Å²) in [6, 6.07) is 6.02. The number of nitrogens with one attached hydrogen (secondary N) is 1. The van der Waals surface area contributed by atoms with Gasteiger partial charge in [-0.05, 0) is 75.6 Å². The fourth-order valence-corrected chi connectivity index (χ4v) is 10.6. The summed E-state index contributed by atoms with van der Waals surface area (Å²) in [6.07, 6.45) is 41.8. The number of nitrogens with zero attached hydrogens (tertiary/aromatic N) is 2. The number of ether oxygens (including phenoxy) is 1. The molecule has 4 unspecified atom stereocenters. The Morgan fingerprint density at radius 3 is 1.09 bits per heavy atom. The number of carbonyl (C=O) groups is 2. The molecule has 11 heteroatoms. The standard InChI is InChI=1S/C65H123N3O8/c1-5-9-13-17-21-25-29-33-39-59(70)53-67(54-60(71)40-34-30-26-22-18-14-10-6-2)50-37-43-64(74)66-63(49-46-57-44-47-58(69)48-45-57)65(75)76-52-38-51-68(55-61(72)41-35-31-27-23-19-15-11-7-3)56-62(73)42-36-32-28-24-20-16-12-8-4/h44-45,47-48,59-63,69-73H,5-43,46,49-56H2,1-4H3,(H,66,74)/t59?,60?,61?,62?,63-/m0/s1. The van der Waals surface area contributed by atoms with Crippen molar-refractivity contribution in [2.75, 3.05) is 45.9 Å². The quantitative estimate of drug-likeness (QED) is 0.0273. The number of phenolic OH excluding ortho intramolecular Hbond substituents is 1. The molecule has 0 aliphatic rings. The molecule has 1 amide bonds. The van der Waals surface area contributed by atoms with E-state index in [0.717, 1.165) is 82.6 Å². The fraction of sp³-hybridized carbons (Fsp3) is 0.877. The molecule has 1 aromatic carbocycles. The van der Waals surface area contributed by atoms with E-state index in [4.69, 9.17) is 4.74 Å². The van der Waals surface area contributed by atoms with Crippen LogP contribution < -0.4 is 5.32 Å². The van der Waals surface area contributed by atoms with E-state index >= 15 is 0 Å². The van der Waals surface area contributed by atoms with Crippen molar-refractivity contribution in [3.63, 3.8) is 0 Å². The summed E-state index contributed by atoms with van der Waals surface area (Å²) in [5, 5.41) is 57.4. The van der Waals surface area contributed by atoms with Crippen LogP contribution in [0, 0.1) is 0 Å². The van der Waals surface area contributed by atoms with Gasteiger partial charge in [0.15, 0.2) is 0 Å². The van der Waals surface area contributed by atoms with Crippen LogP contribution >= 0.6 is 0 Å². The molecular weight excluding hydrogens is 951 g/mol. The number of esters is 1. The van der Waals surface area contributed by atoms with Gasteiger partial charge in [0.2, 0.25) is 5.91 Å². The number of aromatic hydroxyl groups is 1. The largest absolute Gasteiger partial charge is 0.508 e. The molecule has 6 N–H and O–H groups in total. The maximum Gasteiger partial charge on any atom is 0.328 e. The summed E-state index contributed by atoms with van der Waals surface area (Å²) in [4.78, 5) is 31.7. The van der Waals surface area contributed by atoms with Crippen LogP contribution in [-0.4, -0.2) is 124 Å². The zero-order valence-corrected chi connectivity index (χ0v) is 50.0. The lowest BCUT2D eigenvalue weighted by molar-refractivity contribution is -0.148. The van der Waals surface area contributed by atoms with Crippen LogP contribution in [0.4, 0.5) is 0 Å². The molecule has 1 aromatic rings. The van der Waals surface area contributed by atoms with Gasteiger partial charge in [0, 0.05) is 39.1 Å². The Labute approximate surface area is 467 Å². The first-order valence-corrected chi connectivity index (χ1v) is 32.4. The monoisotopic (exact) mass is 1070 g/mol. The van der Waals surface area contributed by atoms with Gasteiger partial charge in [-0.3, -0.25) is 14.6 Å². The highest BCUT2D eigenvalue weighted by atomic mass is 16.5. The molecule has 446 valence electrons. The number of hydrogen-bond donors (Lipinski definition) is 6. The lowest BCUT2D eigenvalue weighted by Gasteiger charge is -2.28. The van der Waals surface area contributed by atoms with Crippen LogP contribution in [0.25, 0.3) is 0 Å². The number of aliphatic hydroxyl groups excluding tert-OH is 4. The van der Waals surface area contributed by atoms with E-state index in [1.54, 1.807) is 12.1 Å². The van der Waals surface area contributed by atoms with Gasteiger partial charge in [-0.15, -0.1) is 0 Å². The molecule has 5 atom stereocenters. The minimum absolute atomic E-state index is 0.153. The molecule has 0 fully saturated rings. The molecule has 0 radical (unpaired) electrons. The molecule has 0 spiro atoms. The normalized spacial score (nSPS) is 13.8. The molecule has 0 heterocycles. The summed E-state index contributed by atoms with van der Waals surface area (Å²) in [7, 11) is 0. The van der Waals surface area contributed by atoms with Crippen molar-refractivity contribution < 1.29 is 39.9 Å². The maximum absolute atomic E-state index is 13.8. The number of aliphatic hydroxyl groups is 4. The van der Waals surface area contributed by atoms with Crippen molar-refractivity contribution in [2.24, 2.45) is 0 Å². The topological polar surface area (TPSA) is 163 Å². The average molecular weight is 1070 g/mol. The molecule has 11 nitrogen and oxygen atoms in total. The van der Waals surface area contributed by atoms with E-state index < -0.39 is 36.4 Å². The molecule has 0 aromatic heterocycles. The predicted molar refractivity (Wildman–Crippen MR) is 319 cm³/mol. The number of amides is 1. The van der Waals surface area contributed by atoms with Gasteiger partial charge in [-0.1, -0.05) is 245 Å². The van der Waals surface area contributed by atoms with Gasteiger partial charge in [0.05, 0.1) is 31.0 Å². The highest BCUT2D eigenvalue weighted by Crippen LogP contribution is 2.18. The van der Waals surface area contributed by atoms with Gasteiger partial charge in [0.1, 0.15) is 11.8 Å². The molecule has 0 aliphatic heterocycles. The smallest absolute Gasteiger partial charge is 0.328 e. The summed E-state index contributed by atoms with van der Waals surface area (Å²) < 4.78 is 5.89. The number of carbonyl (C=O) groups excluding carboxylic acids is 2. The number of rotatable bonds is 57. The van der Waals surface area contributed by atoms with Crippen LogP contribution in [-0.2, 0) is 20.7 Å². The van der Waals surface area contributed by atoms with Crippen molar-refractivity contribution in [1.82, 2.24) is 15.1 Å². The Balaban J connectivity index is 2.90. The third-order valence-corrected chi connectivity index (χ3v) is 15.5. The van der Waals surface area contributed by atoms with Crippen molar-refractivity contribution in [2.45, 2.75) is 321 Å². The second kappa shape index (κ2) is 52.1. The van der Waals surface area contributed by atoms with E-state index in [0.29, 0.717) is 65.0 Å².